The molecule has 0 aliphatic heterocycles. The maximum absolute atomic E-state index is 12.6. The van der Waals surface area contributed by atoms with E-state index in [0.29, 0.717) is 12.1 Å². The fraction of sp³-hybridized carbons (Fsp3) is 0.273. The monoisotopic (exact) mass is 258 g/mol. The maximum atomic E-state index is 12.6. The second kappa shape index (κ2) is 6.85. The Hall–Kier alpha value is -1.62. The predicted molar refractivity (Wildman–Crippen MR) is 64.7 cm³/mol. The van der Waals surface area contributed by atoms with E-state index in [9.17, 15) is 9.18 Å². The third kappa shape index (κ3) is 5.31. The van der Waals surface area contributed by atoms with Gasteiger partial charge in [-0.1, -0.05) is 23.7 Å². The number of halogens is 2. The summed E-state index contributed by atoms with van der Waals surface area (Å²) in [5.74, 6) is -0.382. The van der Waals surface area contributed by atoms with E-state index < -0.39 is 6.09 Å². The molecule has 0 bridgehead atoms. The number of hydrogen-bond donors (Lipinski definition) is 1. The highest BCUT2D eigenvalue weighted by Gasteiger charge is 2.03. The van der Waals surface area contributed by atoms with Crippen molar-refractivity contribution in [3.63, 3.8) is 0 Å². The van der Waals surface area contributed by atoms with E-state index in [2.05, 4.69) is 15.3 Å². The standard InChI is InChI=1S/C11H12ClFN2O2/c1-2-3-10(12)15-17-11(16)14-9-6-4-8(13)5-7-9/h4-7H,2-3H2,1H3,(H,14,16)/b15-10+. The summed E-state index contributed by atoms with van der Waals surface area (Å²) in [7, 11) is 0. The van der Waals surface area contributed by atoms with E-state index in [0.717, 1.165) is 6.42 Å². The number of hydrogen-bond acceptors (Lipinski definition) is 3. The van der Waals surface area contributed by atoms with E-state index in [4.69, 9.17) is 11.6 Å². The molecule has 0 aliphatic carbocycles. The number of nitrogens with zero attached hydrogens (tertiary/aromatic N) is 1. The molecular formula is C11H12ClFN2O2. The first-order valence-electron chi connectivity index (χ1n) is 5.07. The fourth-order valence-corrected chi connectivity index (χ4v) is 1.24. The van der Waals surface area contributed by atoms with Gasteiger partial charge in [-0.05, 0) is 30.7 Å². The largest absolute Gasteiger partial charge is 0.437 e. The molecule has 1 rings (SSSR count). The van der Waals surface area contributed by atoms with Crippen LogP contribution in [0, 0.1) is 5.82 Å². The quantitative estimate of drug-likeness (QED) is 0.508. The van der Waals surface area contributed by atoms with Gasteiger partial charge in [-0.15, -0.1) is 0 Å². The van der Waals surface area contributed by atoms with Crippen LogP contribution in [0.3, 0.4) is 0 Å². The number of anilines is 1. The second-order valence-corrected chi connectivity index (χ2v) is 3.66. The zero-order chi connectivity index (χ0) is 12.7. The van der Waals surface area contributed by atoms with Crippen molar-refractivity contribution in [2.75, 3.05) is 5.32 Å². The molecule has 0 saturated carbocycles. The molecule has 0 radical (unpaired) electrons. The summed E-state index contributed by atoms with van der Waals surface area (Å²) < 4.78 is 12.6. The molecule has 0 spiro atoms. The lowest BCUT2D eigenvalue weighted by atomic mass is 10.3. The third-order valence-corrected chi connectivity index (χ3v) is 2.03. The normalized spacial score (nSPS) is 11.1. The van der Waals surface area contributed by atoms with Crippen molar-refractivity contribution >= 4 is 28.6 Å². The van der Waals surface area contributed by atoms with E-state index >= 15 is 0 Å². The summed E-state index contributed by atoms with van der Waals surface area (Å²) in [5.41, 5.74) is 0.415. The molecule has 1 aromatic carbocycles. The van der Waals surface area contributed by atoms with Crippen LogP contribution >= 0.6 is 11.6 Å². The minimum Gasteiger partial charge on any atom is -0.297 e. The van der Waals surface area contributed by atoms with Gasteiger partial charge >= 0.3 is 6.09 Å². The predicted octanol–water partition coefficient (Wildman–Crippen LogP) is 3.73. The molecule has 0 atom stereocenters. The molecule has 92 valence electrons. The zero-order valence-electron chi connectivity index (χ0n) is 9.24. The van der Waals surface area contributed by atoms with Crippen LogP contribution in [0.2, 0.25) is 0 Å². The summed E-state index contributed by atoms with van der Waals surface area (Å²) in [4.78, 5) is 15.7. The molecule has 1 aromatic rings. The van der Waals surface area contributed by atoms with Crippen LogP contribution in [-0.4, -0.2) is 11.3 Å². The van der Waals surface area contributed by atoms with Crippen molar-refractivity contribution in [3.05, 3.63) is 30.1 Å². The van der Waals surface area contributed by atoms with Crippen LogP contribution < -0.4 is 5.32 Å². The number of amides is 1. The molecule has 4 nitrogen and oxygen atoms in total. The van der Waals surface area contributed by atoms with Crippen LogP contribution in [0.15, 0.2) is 29.4 Å². The van der Waals surface area contributed by atoms with E-state index in [1.807, 2.05) is 6.92 Å². The van der Waals surface area contributed by atoms with E-state index in [1.165, 1.54) is 24.3 Å². The molecular weight excluding hydrogens is 247 g/mol. The van der Waals surface area contributed by atoms with Gasteiger partial charge in [0, 0.05) is 12.1 Å². The van der Waals surface area contributed by atoms with Crippen molar-refractivity contribution in [3.8, 4) is 0 Å². The van der Waals surface area contributed by atoms with Gasteiger partial charge in [-0.2, -0.15) is 0 Å². The van der Waals surface area contributed by atoms with Crippen LogP contribution in [0.4, 0.5) is 14.9 Å². The van der Waals surface area contributed by atoms with Gasteiger partial charge in [0.05, 0.1) is 0 Å². The first kappa shape index (κ1) is 13.4. The number of rotatable bonds is 4. The first-order chi connectivity index (χ1) is 8.11. The highest BCUT2D eigenvalue weighted by molar-refractivity contribution is 6.65. The van der Waals surface area contributed by atoms with Gasteiger partial charge in [0.15, 0.2) is 0 Å². The Labute approximate surface area is 103 Å². The van der Waals surface area contributed by atoms with Crippen LogP contribution in [0.1, 0.15) is 19.8 Å². The lowest BCUT2D eigenvalue weighted by Gasteiger charge is -2.02. The maximum Gasteiger partial charge on any atom is 0.437 e. The average Bonchev–Trinajstić information content (AvgIpc) is 2.30. The van der Waals surface area contributed by atoms with Gasteiger partial charge in [0.1, 0.15) is 11.0 Å². The fourth-order valence-electron chi connectivity index (χ4n) is 1.02. The number of carbonyl (C=O) groups excluding carboxylic acids is 1. The van der Waals surface area contributed by atoms with Crippen molar-refractivity contribution < 1.29 is 14.0 Å². The van der Waals surface area contributed by atoms with Crippen LogP contribution in [0.5, 0.6) is 0 Å². The van der Waals surface area contributed by atoms with E-state index in [-0.39, 0.29) is 11.0 Å². The second-order valence-electron chi connectivity index (χ2n) is 3.23. The van der Waals surface area contributed by atoms with Crippen molar-refractivity contribution in [2.45, 2.75) is 19.8 Å². The minimum absolute atomic E-state index is 0.224. The topological polar surface area (TPSA) is 50.7 Å². The van der Waals surface area contributed by atoms with Crippen LogP contribution in [0.25, 0.3) is 0 Å². The highest BCUT2D eigenvalue weighted by atomic mass is 35.5. The van der Waals surface area contributed by atoms with Gasteiger partial charge in [-0.25, -0.2) is 9.18 Å². The van der Waals surface area contributed by atoms with Gasteiger partial charge < -0.3 is 0 Å². The molecule has 1 amide bonds. The van der Waals surface area contributed by atoms with Crippen LogP contribution in [-0.2, 0) is 4.84 Å². The lowest BCUT2D eigenvalue weighted by molar-refractivity contribution is 0.166. The van der Waals surface area contributed by atoms with Crippen molar-refractivity contribution in [1.82, 2.24) is 0 Å². The van der Waals surface area contributed by atoms with Gasteiger partial charge in [0.25, 0.3) is 0 Å². The zero-order valence-corrected chi connectivity index (χ0v) is 10.00. The Morgan fingerprint density at radius 2 is 2.12 bits per heavy atom. The summed E-state index contributed by atoms with van der Waals surface area (Å²) >= 11 is 5.64. The number of oxime groups is 1. The molecule has 6 heteroatoms. The molecule has 0 fully saturated rings. The van der Waals surface area contributed by atoms with Crippen molar-refractivity contribution in [1.29, 1.82) is 0 Å². The number of benzene rings is 1. The molecule has 0 saturated heterocycles. The Bertz CT molecular complexity index is 406. The minimum atomic E-state index is -0.772. The number of nitrogens with one attached hydrogen (secondary N) is 1. The van der Waals surface area contributed by atoms with Gasteiger partial charge in [0.2, 0.25) is 0 Å². The smallest absolute Gasteiger partial charge is 0.297 e. The Morgan fingerprint density at radius 3 is 2.71 bits per heavy atom. The summed E-state index contributed by atoms with van der Waals surface area (Å²) in [6, 6.07) is 5.27. The third-order valence-electron chi connectivity index (χ3n) is 1.77. The Balaban J connectivity index is 2.44. The molecule has 0 heterocycles. The molecule has 0 aromatic heterocycles. The molecule has 0 unspecified atom stereocenters. The summed E-state index contributed by atoms with van der Waals surface area (Å²) in [5, 5.41) is 6.02. The highest BCUT2D eigenvalue weighted by Crippen LogP contribution is 2.08. The van der Waals surface area contributed by atoms with E-state index in [1.54, 1.807) is 0 Å². The average molecular weight is 259 g/mol. The number of carbonyl (C=O) groups is 1. The Kier molecular flexibility index (Phi) is 5.42. The first-order valence-corrected chi connectivity index (χ1v) is 5.45. The SMILES string of the molecule is CCC/C(Cl)=N\OC(=O)Nc1ccc(F)cc1. The lowest BCUT2D eigenvalue weighted by Crippen LogP contribution is -2.11. The molecule has 17 heavy (non-hydrogen) atoms. The summed E-state index contributed by atoms with van der Waals surface area (Å²) in [6.07, 6.45) is 0.585. The van der Waals surface area contributed by atoms with Crippen molar-refractivity contribution in [2.24, 2.45) is 5.16 Å². The summed E-state index contributed by atoms with van der Waals surface area (Å²) in [6.45, 7) is 1.93. The molecule has 0 aliphatic rings. The van der Waals surface area contributed by atoms with Gasteiger partial charge in [-0.3, -0.25) is 10.2 Å². The molecule has 1 N–H and O–H groups in total. The Morgan fingerprint density at radius 1 is 1.47 bits per heavy atom.